The van der Waals surface area contributed by atoms with Crippen molar-refractivity contribution in [3.63, 3.8) is 0 Å². The molecule has 6 rings (SSSR count). The van der Waals surface area contributed by atoms with E-state index in [4.69, 9.17) is 42.9 Å². The Morgan fingerprint density at radius 1 is 0.745 bits per heavy atom. The first-order chi connectivity index (χ1) is 22.6. The summed E-state index contributed by atoms with van der Waals surface area (Å²) in [6.45, 7) is -0.385. The molecule has 0 amide bonds. The summed E-state index contributed by atoms with van der Waals surface area (Å²) < 4.78 is 38.3. The van der Waals surface area contributed by atoms with Gasteiger partial charge in [-0.15, -0.1) is 0 Å². The van der Waals surface area contributed by atoms with Crippen LogP contribution in [0.3, 0.4) is 0 Å². The number of H-pyrrole nitrogens is 2. The van der Waals surface area contributed by atoms with Crippen LogP contribution in [-0.4, -0.2) is 64.0 Å². The second-order valence-electron chi connectivity index (χ2n) is 10.1. The molecule has 4 aromatic carbocycles. The number of fused-ring (bicyclic) bond motifs is 2. The van der Waals surface area contributed by atoms with E-state index in [1.807, 2.05) is 0 Å². The van der Waals surface area contributed by atoms with Crippen LogP contribution >= 0.6 is 23.2 Å². The lowest BCUT2D eigenvalue weighted by Gasteiger charge is -2.09. The summed E-state index contributed by atoms with van der Waals surface area (Å²) in [5.74, 6) is -2.11. The maximum Gasteiger partial charge on any atom is 0.337 e. The van der Waals surface area contributed by atoms with Crippen molar-refractivity contribution in [2.75, 3.05) is 26.4 Å². The van der Waals surface area contributed by atoms with Crippen molar-refractivity contribution in [3.8, 4) is 33.8 Å². The summed E-state index contributed by atoms with van der Waals surface area (Å²) >= 11 is 12.5. The van der Waals surface area contributed by atoms with Crippen LogP contribution in [0.15, 0.2) is 73.1 Å². The molecule has 0 saturated heterocycles. The number of benzene rings is 4. The minimum Gasteiger partial charge on any atom is -0.488 e. The Kier molecular flexibility index (Phi) is 10.4. The van der Waals surface area contributed by atoms with Crippen molar-refractivity contribution in [1.82, 2.24) is 9.97 Å². The predicted octanol–water partition coefficient (Wildman–Crippen LogP) is 7.51. The summed E-state index contributed by atoms with van der Waals surface area (Å²) in [7, 11) is 0. The highest BCUT2D eigenvalue weighted by Gasteiger charge is 2.16. The quantitative estimate of drug-likeness (QED) is 0.0941. The molecule has 0 saturated carbocycles. The first-order valence-corrected chi connectivity index (χ1v) is 14.8. The number of hydrogen-bond donors (Lipinski definition) is 5. The summed E-state index contributed by atoms with van der Waals surface area (Å²) in [5.41, 5.74) is 4.16. The van der Waals surface area contributed by atoms with Crippen LogP contribution in [-0.2, 0) is 0 Å². The summed E-state index contributed by atoms with van der Waals surface area (Å²) in [6.07, 6.45) is 3.74. The van der Waals surface area contributed by atoms with E-state index < -0.39 is 17.6 Å². The van der Waals surface area contributed by atoms with Crippen LogP contribution in [0.2, 0.25) is 10.0 Å². The summed E-state index contributed by atoms with van der Waals surface area (Å²) in [4.78, 5) is 28.1. The molecule has 2 aromatic heterocycles. The highest BCUT2D eigenvalue weighted by Crippen LogP contribution is 2.36. The standard InChI is InChI=1S/C17H13ClFNO4.C17H13ClFNO3/c18-13-7-15-11(12(8-20-15)17(22)23)6-10(13)9-1-2-16(14(19)5-9)24-4-3-21;18-14-7-16-13(11(9-22)8-20-16)6-12(14)10-1-2-17(15(19)5-10)23-4-3-21/h1-2,5-8,20-21H,3-4H2,(H,22,23);1-2,5-9,20-21H,3-4H2. The number of hydrogen-bond acceptors (Lipinski definition) is 6. The van der Waals surface area contributed by atoms with E-state index in [9.17, 15) is 23.5 Å². The van der Waals surface area contributed by atoms with Crippen LogP contribution in [0.25, 0.3) is 44.1 Å². The number of aldehydes is 1. The molecule has 0 unspecified atom stereocenters. The Hall–Kier alpha value is -4.94. The van der Waals surface area contributed by atoms with Gasteiger partial charge in [-0.2, -0.15) is 0 Å². The lowest BCUT2D eigenvalue weighted by atomic mass is 10.0. The van der Waals surface area contributed by atoms with Crippen molar-refractivity contribution in [2.24, 2.45) is 0 Å². The zero-order valence-electron chi connectivity index (χ0n) is 24.3. The monoisotopic (exact) mass is 682 g/mol. The number of aromatic nitrogens is 2. The molecule has 5 N–H and O–H groups in total. The Labute approximate surface area is 275 Å². The minimum atomic E-state index is -1.06. The maximum absolute atomic E-state index is 14.1. The summed E-state index contributed by atoms with van der Waals surface area (Å²) in [6, 6.07) is 15.5. The molecular formula is C34H26Cl2F2N2O7. The van der Waals surface area contributed by atoms with Gasteiger partial charge in [0.05, 0.1) is 28.8 Å². The molecule has 0 radical (unpaired) electrons. The zero-order chi connectivity index (χ0) is 33.7. The first-order valence-electron chi connectivity index (χ1n) is 14.0. The van der Waals surface area contributed by atoms with Gasteiger partial charge in [-0.3, -0.25) is 4.79 Å². The molecule has 13 heteroatoms. The molecule has 0 bridgehead atoms. The van der Waals surface area contributed by atoms with Gasteiger partial charge in [0.2, 0.25) is 0 Å². The van der Waals surface area contributed by atoms with E-state index in [2.05, 4.69) is 9.97 Å². The number of carbonyl (C=O) groups is 2. The number of carbonyl (C=O) groups excluding carboxylic acids is 1. The molecule has 6 aromatic rings. The fourth-order valence-corrected chi connectivity index (χ4v) is 5.45. The third-order valence-electron chi connectivity index (χ3n) is 7.11. The lowest BCUT2D eigenvalue weighted by Crippen LogP contribution is -2.03. The van der Waals surface area contributed by atoms with Gasteiger partial charge in [-0.05, 0) is 59.7 Å². The molecule has 0 aliphatic heterocycles. The summed E-state index contributed by atoms with van der Waals surface area (Å²) in [5, 5.41) is 28.7. The molecule has 0 aliphatic carbocycles. The van der Waals surface area contributed by atoms with Crippen molar-refractivity contribution in [2.45, 2.75) is 0 Å². The van der Waals surface area contributed by atoms with E-state index in [0.717, 1.165) is 17.2 Å². The first kappa shape index (κ1) is 33.4. The zero-order valence-corrected chi connectivity index (χ0v) is 25.8. The Morgan fingerprint density at radius 2 is 1.23 bits per heavy atom. The molecule has 0 spiro atoms. The van der Waals surface area contributed by atoms with Gasteiger partial charge in [-0.1, -0.05) is 35.3 Å². The minimum absolute atomic E-state index is 0.00565. The average molecular weight is 683 g/mol. The second kappa shape index (κ2) is 14.7. The fourth-order valence-electron chi connectivity index (χ4n) is 4.91. The van der Waals surface area contributed by atoms with Crippen LogP contribution in [0, 0.1) is 11.6 Å². The van der Waals surface area contributed by atoms with E-state index in [-0.39, 0.29) is 43.5 Å². The molecule has 9 nitrogen and oxygen atoms in total. The number of carboxylic acid groups (broad SMARTS) is 1. The molecule has 0 aliphatic rings. The fraction of sp³-hybridized carbons (Fsp3) is 0.118. The highest BCUT2D eigenvalue weighted by molar-refractivity contribution is 6.35. The normalized spacial score (nSPS) is 10.9. The van der Waals surface area contributed by atoms with Crippen LogP contribution in [0.1, 0.15) is 20.7 Å². The maximum atomic E-state index is 14.1. The van der Waals surface area contributed by atoms with Gasteiger partial charge in [0.1, 0.15) is 13.2 Å². The van der Waals surface area contributed by atoms with Gasteiger partial charge in [0.15, 0.2) is 29.4 Å². The van der Waals surface area contributed by atoms with Gasteiger partial charge < -0.3 is 34.8 Å². The highest BCUT2D eigenvalue weighted by atomic mass is 35.5. The molecular weight excluding hydrogens is 657 g/mol. The average Bonchev–Trinajstić information content (AvgIpc) is 3.66. The van der Waals surface area contributed by atoms with Crippen molar-refractivity contribution in [1.29, 1.82) is 0 Å². The van der Waals surface area contributed by atoms with Gasteiger partial charge in [-0.25, -0.2) is 13.6 Å². The number of halogens is 4. The van der Waals surface area contributed by atoms with E-state index >= 15 is 0 Å². The Balaban J connectivity index is 0.000000185. The lowest BCUT2D eigenvalue weighted by molar-refractivity contribution is 0.0699. The molecule has 242 valence electrons. The van der Waals surface area contributed by atoms with Gasteiger partial charge >= 0.3 is 5.97 Å². The number of rotatable bonds is 10. The van der Waals surface area contributed by atoms with Crippen molar-refractivity contribution in [3.05, 3.63) is 106 Å². The third kappa shape index (κ3) is 7.23. The SMILES string of the molecule is O=C(O)c1c[nH]c2cc(Cl)c(-c3ccc(OCCO)c(F)c3)cc12.O=Cc1c[nH]c2cc(Cl)c(-c3ccc(OCCO)c(F)c3)cc12. The number of nitrogens with one attached hydrogen (secondary N) is 2. The van der Waals surface area contributed by atoms with E-state index in [0.29, 0.717) is 48.8 Å². The smallest absolute Gasteiger partial charge is 0.337 e. The topological polar surface area (TPSA) is 145 Å². The number of aliphatic hydroxyl groups excluding tert-OH is 2. The number of carboxylic acids is 1. The predicted molar refractivity (Wildman–Crippen MR) is 175 cm³/mol. The van der Waals surface area contributed by atoms with Crippen LogP contribution in [0.4, 0.5) is 8.78 Å². The van der Waals surface area contributed by atoms with E-state index in [1.54, 1.807) is 42.6 Å². The third-order valence-corrected chi connectivity index (χ3v) is 7.74. The number of ether oxygens (including phenoxy) is 2. The molecule has 0 atom stereocenters. The van der Waals surface area contributed by atoms with Crippen LogP contribution < -0.4 is 9.47 Å². The second-order valence-corrected chi connectivity index (χ2v) is 10.9. The molecule has 47 heavy (non-hydrogen) atoms. The van der Waals surface area contributed by atoms with E-state index in [1.165, 1.54) is 30.5 Å². The largest absolute Gasteiger partial charge is 0.488 e. The van der Waals surface area contributed by atoms with Gasteiger partial charge in [0.25, 0.3) is 0 Å². The molecule has 0 fully saturated rings. The molecule has 2 heterocycles. The van der Waals surface area contributed by atoms with Crippen LogP contribution in [0.5, 0.6) is 11.5 Å². The number of aromatic carboxylic acids is 1. The van der Waals surface area contributed by atoms with Crippen molar-refractivity contribution >= 4 is 57.3 Å². The Bertz CT molecular complexity index is 2090. The Morgan fingerprint density at radius 3 is 1.70 bits per heavy atom. The number of aromatic amines is 2. The van der Waals surface area contributed by atoms with Crippen molar-refractivity contribution < 1.29 is 43.2 Å². The number of aliphatic hydroxyl groups is 2. The van der Waals surface area contributed by atoms with Gasteiger partial charge in [0, 0.05) is 50.9 Å².